The number of aromatic carboxylic acids is 1. The average Bonchev–Trinajstić information content (AvgIpc) is 3.42. The van der Waals surface area contributed by atoms with Crippen LogP contribution in [0.3, 0.4) is 0 Å². The number of para-hydroxylation sites is 1. The molecule has 0 atom stereocenters. The fraction of sp³-hybridized carbons (Fsp3) is 0.100. The quantitative estimate of drug-likeness (QED) is 0.299. The van der Waals surface area contributed by atoms with Crippen LogP contribution in [0.15, 0.2) is 95.5 Å². The highest BCUT2D eigenvalue weighted by molar-refractivity contribution is 6.12. The summed E-state index contributed by atoms with van der Waals surface area (Å²) in [6, 6.07) is 27.9. The maximum Gasteiger partial charge on any atom is 0.335 e. The zero-order chi connectivity index (χ0) is 23.9. The monoisotopic (exact) mass is 460 g/mol. The van der Waals surface area contributed by atoms with E-state index >= 15 is 0 Å². The highest BCUT2D eigenvalue weighted by atomic mass is 16.4. The highest BCUT2D eigenvalue weighted by Crippen LogP contribution is 2.38. The average molecular weight is 461 g/mol. The van der Waals surface area contributed by atoms with E-state index in [4.69, 9.17) is 10.2 Å². The first-order chi connectivity index (χ1) is 17.1. The summed E-state index contributed by atoms with van der Waals surface area (Å²) in [4.78, 5) is 11.4. The Morgan fingerprint density at radius 1 is 0.886 bits per heavy atom. The summed E-state index contributed by atoms with van der Waals surface area (Å²) < 4.78 is 8.28. The van der Waals surface area contributed by atoms with Crippen molar-refractivity contribution in [2.24, 2.45) is 5.73 Å². The molecule has 6 rings (SSSR count). The molecule has 3 N–H and O–H groups in total. The number of nitrogens with zero attached hydrogens (tertiary/aromatic N) is 1. The molecule has 0 spiro atoms. The third-order valence-electron chi connectivity index (χ3n) is 6.62. The number of benzene rings is 4. The van der Waals surface area contributed by atoms with Crippen molar-refractivity contribution >= 4 is 38.8 Å². The molecule has 0 aliphatic rings. The van der Waals surface area contributed by atoms with Crippen LogP contribution in [0.5, 0.6) is 0 Å². The Morgan fingerprint density at radius 3 is 2.57 bits per heavy atom. The largest absolute Gasteiger partial charge is 0.478 e. The van der Waals surface area contributed by atoms with Gasteiger partial charge in [0.05, 0.1) is 5.56 Å². The lowest BCUT2D eigenvalue weighted by molar-refractivity contribution is 0.0696. The molecule has 4 aromatic carbocycles. The van der Waals surface area contributed by atoms with Gasteiger partial charge in [-0.15, -0.1) is 0 Å². The molecule has 0 saturated heterocycles. The third-order valence-corrected chi connectivity index (χ3v) is 6.62. The number of rotatable bonds is 6. The summed E-state index contributed by atoms with van der Waals surface area (Å²) >= 11 is 0. The van der Waals surface area contributed by atoms with Crippen molar-refractivity contribution in [3.63, 3.8) is 0 Å². The number of nitrogens with two attached hydrogens (primary N) is 1. The van der Waals surface area contributed by atoms with Crippen LogP contribution in [0.25, 0.3) is 44.0 Å². The summed E-state index contributed by atoms with van der Waals surface area (Å²) in [5.41, 5.74) is 13.5. The lowest BCUT2D eigenvalue weighted by atomic mass is 9.97. The van der Waals surface area contributed by atoms with Crippen molar-refractivity contribution < 1.29 is 14.3 Å². The van der Waals surface area contributed by atoms with Crippen molar-refractivity contribution in [2.75, 3.05) is 6.54 Å². The van der Waals surface area contributed by atoms with Gasteiger partial charge in [-0.3, -0.25) is 0 Å². The van der Waals surface area contributed by atoms with E-state index in [2.05, 4.69) is 41.1 Å². The molecule has 0 unspecified atom stereocenters. The van der Waals surface area contributed by atoms with Gasteiger partial charge < -0.3 is 19.8 Å². The second-order valence-electron chi connectivity index (χ2n) is 8.84. The minimum atomic E-state index is -0.918. The maximum atomic E-state index is 11.4. The van der Waals surface area contributed by atoms with Crippen LogP contribution in [-0.4, -0.2) is 22.2 Å². The Labute approximate surface area is 202 Å². The maximum absolute atomic E-state index is 11.4. The molecule has 0 saturated carbocycles. The van der Waals surface area contributed by atoms with Crippen molar-refractivity contribution in [3.05, 3.63) is 108 Å². The molecular weight excluding hydrogens is 436 g/mol. The van der Waals surface area contributed by atoms with Crippen molar-refractivity contribution in [2.45, 2.75) is 13.0 Å². The first kappa shape index (κ1) is 21.2. The van der Waals surface area contributed by atoms with Gasteiger partial charge in [0.2, 0.25) is 0 Å². The second-order valence-corrected chi connectivity index (χ2v) is 8.84. The number of hydrogen-bond donors (Lipinski definition) is 2. The van der Waals surface area contributed by atoms with Gasteiger partial charge >= 0.3 is 5.97 Å². The van der Waals surface area contributed by atoms with E-state index in [1.54, 1.807) is 18.2 Å². The number of carboxylic acids is 1. The Morgan fingerprint density at radius 2 is 1.71 bits per heavy atom. The molecule has 5 nitrogen and oxygen atoms in total. The molecule has 6 aromatic rings. The van der Waals surface area contributed by atoms with Crippen molar-refractivity contribution in [1.29, 1.82) is 0 Å². The number of hydrogen-bond acceptors (Lipinski definition) is 3. The van der Waals surface area contributed by atoms with Crippen LogP contribution >= 0.6 is 0 Å². The van der Waals surface area contributed by atoms with E-state index in [0.29, 0.717) is 18.7 Å². The third kappa shape index (κ3) is 3.66. The van der Waals surface area contributed by atoms with Crippen LogP contribution in [0, 0.1) is 0 Å². The number of aromatic nitrogens is 1. The minimum Gasteiger partial charge on any atom is -0.478 e. The van der Waals surface area contributed by atoms with Gasteiger partial charge in [0, 0.05) is 34.4 Å². The van der Waals surface area contributed by atoms with Crippen LogP contribution in [0.2, 0.25) is 0 Å². The standard InChI is InChI=1S/C30H24N2O3/c31-14-13-22-18-32(17-19-5-3-6-21(15-19)30(33)34)26-12-11-20(16-25(22)26)23-8-4-10-28-29(23)24-7-1-2-9-27(24)35-28/h1-12,15-16,18H,13-14,17,31H2,(H,33,34). The van der Waals surface area contributed by atoms with E-state index < -0.39 is 5.97 Å². The van der Waals surface area contributed by atoms with Gasteiger partial charge in [0.25, 0.3) is 0 Å². The van der Waals surface area contributed by atoms with E-state index in [0.717, 1.165) is 56.0 Å². The molecule has 0 amide bonds. The zero-order valence-corrected chi connectivity index (χ0v) is 19.1. The molecule has 0 bridgehead atoms. The lowest BCUT2D eigenvalue weighted by Crippen LogP contribution is -2.03. The predicted octanol–water partition coefficient (Wildman–Crippen LogP) is 6.46. The van der Waals surface area contributed by atoms with Crippen molar-refractivity contribution in [3.8, 4) is 11.1 Å². The molecule has 172 valence electrons. The normalized spacial score (nSPS) is 11.6. The Kier molecular flexibility index (Phi) is 5.12. The number of carboxylic acid groups (broad SMARTS) is 1. The van der Waals surface area contributed by atoms with Crippen molar-refractivity contribution in [1.82, 2.24) is 4.57 Å². The molecule has 2 heterocycles. The predicted molar refractivity (Wildman–Crippen MR) is 140 cm³/mol. The van der Waals surface area contributed by atoms with E-state index in [1.807, 2.05) is 36.4 Å². The Balaban J connectivity index is 1.49. The summed E-state index contributed by atoms with van der Waals surface area (Å²) in [5, 5.41) is 12.7. The molecule has 35 heavy (non-hydrogen) atoms. The number of carbonyl (C=O) groups is 1. The molecule has 2 aromatic heterocycles. The van der Waals surface area contributed by atoms with Crippen LogP contribution in [0.1, 0.15) is 21.5 Å². The molecule has 5 heteroatoms. The van der Waals surface area contributed by atoms with Gasteiger partial charge in [-0.25, -0.2) is 4.79 Å². The topological polar surface area (TPSA) is 81.4 Å². The van der Waals surface area contributed by atoms with Gasteiger partial charge in [0.15, 0.2) is 0 Å². The van der Waals surface area contributed by atoms with Crippen LogP contribution < -0.4 is 5.73 Å². The molecule has 0 aliphatic carbocycles. The van der Waals surface area contributed by atoms with Gasteiger partial charge in [-0.05, 0) is 71.6 Å². The summed E-state index contributed by atoms with van der Waals surface area (Å²) in [6.07, 6.45) is 2.91. The summed E-state index contributed by atoms with van der Waals surface area (Å²) in [6.45, 7) is 1.14. The second kappa shape index (κ2) is 8.46. The highest BCUT2D eigenvalue weighted by Gasteiger charge is 2.15. The Hall–Kier alpha value is -4.35. The first-order valence-corrected chi connectivity index (χ1v) is 11.7. The molecule has 0 aliphatic heterocycles. The first-order valence-electron chi connectivity index (χ1n) is 11.7. The van der Waals surface area contributed by atoms with E-state index in [9.17, 15) is 9.90 Å². The summed E-state index contributed by atoms with van der Waals surface area (Å²) in [5.74, 6) is -0.918. The molecule has 0 fully saturated rings. The zero-order valence-electron chi connectivity index (χ0n) is 19.1. The molecule has 0 radical (unpaired) electrons. The molecular formula is C30H24N2O3. The van der Waals surface area contributed by atoms with Crippen LogP contribution in [-0.2, 0) is 13.0 Å². The number of fused-ring (bicyclic) bond motifs is 4. The van der Waals surface area contributed by atoms with E-state index in [1.165, 1.54) is 5.56 Å². The fourth-order valence-electron chi connectivity index (χ4n) is 5.04. The SMILES string of the molecule is NCCc1cn(Cc2cccc(C(=O)O)c2)c2ccc(-c3cccc4oc5ccccc5c34)cc12. The van der Waals surface area contributed by atoms with E-state index in [-0.39, 0.29) is 0 Å². The van der Waals surface area contributed by atoms with Crippen LogP contribution in [0.4, 0.5) is 0 Å². The fourth-order valence-corrected chi connectivity index (χ4v) is 5.04. The van der Waals surface area contributed by atoms with Gasteiger partial charge in [-0.2, -0.15) is 0 Å². The summed E-state index contributed by atoms with van der Waals surface area (Å²) in [7, 11) is 0. The smallest absolute Gasteiger partial charge is 0.335 e. The number of furan rings is 1. The lowest BCUT2D eigenvalue weighted by Gasteiger charge is -2.08. The van der Waals surface area contributed by atoms with Gasteiger partial charge in [-0.1, -0.05) is 48.5 Å². The Bertz CT molecular complexity index is 1720. The minimum absolute atomic E-state index is 0.295. The van der Waals surface area contributed by atoms with Gasteiger partial charge in [0.1, 0.15) is 11.2 Å².